The van der Waals surface area contributed by atoms with Gasteiger partial charge in [-0.2, -0.15) is 0 Å². The average Bonchev–Trinajstić information content (AvgIpc) is 2.49. The van der Waals surface area contributed by atoms with Crippen LogP contribution in [0.4, 0.5) is 0 Å². The van der Waals surface area contributed by atoms with Gasteiger partial charge in [-0.25, -0.2) is 0 Å². The van der Waals surface area contributed by atoms with Crippen LogP contribution in [0.25, 0.3) is 0 Å². The number of hydrogen-bond donors (Lipinski definition) is 0. The third-order valence-electron chi connectivity index (χ3n) is 4.00. The normalized spacial score (nSPS) is 19.2. The second-order valence-electron chi connectivity index (χ2n) is 6.10. The zero-order chi connectivity index (χ0) is 16.1. The zero-order valence-electron chi connectivity index (χ0n) is 13.7. The van der Waals surface area contributed by atoms with Gasteiger partial charge in [0.1, 0.15) is 12.6 Å². The van der Waals surface area contributed by atoms with Crippen molar-refractivity contribution in [3.8, 4) is 0 Å². The fourth-order valence-corrected chi connectivity index (χ4v) is 2.76. The highest BCUT2D eigenvalue weighted by atomic mass is 16.2. The molecule has 1 atom stereocenters. The average molecular weight is 303 g/mol. The molecule has 0 aromatic heterocycles. The van der Waals surface area contributed by atoms with Gasteiger partial charge in [-0.3, -0.25) is 9.59 Å². The minimum Gasteiger partial charge on any atom is -0.329 e. The molecule has 2 amide bonds. The van der Waals surface area contributed by atoms with Crippen molar-refractivity contribution in [3.63, 3.8) is 0 Å². The van der Waals surface area contributed by atoms with E-state index in [-0.39, 0.29) is 24.4 Å². The van der Waals surface area contributed by atoms with Crippen molar-refractivity contribution in [2.45, 2.75) is 25.9 Å². The summed E-state index contributed by atoms with van der Waals surface area (Å²) in [5.41, 5.74) is 1.05. The van der Waals surface area contributed by atoms with E-state index < -0.39 is 0 Å². The minimum atomic E-state index is -0.368. The lowest BCUT2D eigenvalue weighted by Gasteiger charge is -2.39. The Hall–Kier alpha value is -1.88. The number of carbonyl (C=O) groups excluding carboxylic acids is 2. The standard InChI is InChI=1S/C17H25N3O2/c1-14-17(22)19(12-15-8-5-4-6-9-15)13-16(21)20(14)11-7-10-18(2)3/h4-6,8-9,14H,7,10-13H2,1-3H3/t14-/m1/s1. The number of amides is 2. The van der Waals surface area contributed by atoms with E-state index in [9.17, 15) is 9.59 Å². The molecule has 0 bridgehead atoms. The van der Waals surface area contributed by atoms with Crippen LogP contribution in [0.5, 0.6) is 0 Å². The smallest absolute Gasteiger partial charge is 0.245 e. The van der Waals surface area contributed by atoms with Crippen LogP contribution in [0.3, 0.4) is 0 Å². The molecule has 22 heavy (non-hydrogen) atoms. The number of piperazine rings is 1. The number of rotatable bonds is 6. The number of hydrogen-bond acceptors (Lipinski definition) is 3. The van der Waals surface area contributed by atoms with Crippen LogP contribution in [-0.2, 0) is 16.1 Å². The van der Waals surface area contributed by atoms with Crippen LogP contribution in [-0.4, -0.2) is 66.3 Å². The quantitative estimate of drug-likeness (QED) is 0.793. The molecule has 1 aliphatic rings. The molecule has 0 saturated carbocycles. The first-order valence-electron chi connectivity index (χ1n) is 7.76. The highest BCUT2D eigenvalue weighted by Gasteiger charge is 2.35. The number of carbonyl (C=O) groups is 2. The van der Waals surface area contributed by atoms with Gasteiger partial charge < -0.3 is 14.7 Å². The second kappa shape index (κ2) is 7.40. The molecule has 1 aliphatic heterocycles. The molecule has 1 fully saturated rings. The Morgan fingerprint density at radius 3 is 2.50 bits per heavy atom. The van der Waals surface area contributed by atoms with E-state index >= 15 is 0 Å². The molecular weight excluding hydrogens is 278 g/mol. The van der Waals surface area contributed by atoms with Gasteiger partial charge in [0.05, 0.1) is 0 Å². The van der Waals surface area contributed by atoms with Gasteiger partial charge in [-0.1, -0.05) is 30.3 Å². The first-order chi connectivity index (χ1) is 10.5. The molecule has 0 unspecified atom stereocenters. The summed E-state index contributed by atoms with van der Waals surface area (Å²) >= 11 is 0. The van der Waals surface area contributed by atoms with E-state index in [0.29, 0.717) is 13.1 Å². The second-order valence-corrected chi connectivity index (χ2v) is 6.10. The Morgan fingerprint density at radius 2 is 1.86 bits per heavy atom. The van der Waals surface area contributed by atoms with Gasteiger partial charge in [0.2, 0.25) is 11.8 Å². The predicted molar refractivity (Wildman–Crippen MR) is 86.2 cm³/mol. The maximum absolute atomic E-state index is 12.5. The number of nitrogens with zero attached hydrogens (tertiary/aromatic N) is 3. The summed E-state index contributed by atoms with van der Waals surface area (Å²) in [7, 11) is 4.02. The zero-order valence-corrected chi connectivity index (χ0v) is 13.7. The van der Waals surface area contributed by atoms with Gasteiger partial charge in [0.15, 0.2) is 0 Å². The van der Waals surface area contributed by atoms with Gasteiger partial charge >= 0.3 is 0 Å². The molecular formula is C17H25N3O2. The lowest BCUT2D eigenvalue weighted by Crippen LogP contribution is -2.58. The molecule has 5 heteroatoms. The molecule has 0 radical (unpaired) electrons. The van der Waals surface area contributed by atoms with E-state index in [2.05, 4.69) is 4.90 Å². The molecule has 1 aromatic carbocycles. The Labute approximate surface area is 132 Å². The van der Waals surface area contributed by atoms with E-state index in [1.807, 2.05) is 51.4 Å². The maximum Gasteiger partial charge on any atom is 0.245 e. The van der Waals surface area contributed by atoms with Crippen molar-refractivity contribution < 1.29 is 9.59 Å². The molecule has 0 spiro atoms. The van der Waals surface area contributed by atoms with Crippen molar-refractivity contribution in [1.29, 1.82) is 0 Å². The minimum absolute atomic E-state index is 0.0355. The summed E-state index contributed by atoms with van der Waals surface area (Å²) in [6.45, 7) is 4.07. The molecule has 1 aromatic rings. The van der Waals surface area contributed by atoms with Crippen molar-refractivity contribution in [1.82, 2.24) is 14.7 Å². The van der Waals surface area contributed by atoms with E-state index in [1.54, 1.807) is 9.80 Å². The van der Waals surface area contributed by atoms with E-state index in [0.717, 1.165) is 18.5 Å². The van der Waals surface area contributed by atoms with Gasteiger partial charge in [-0.05, 0) is 39.5 Å². The molecule has 0 N–H and O–H groups in total. The van der Waals surface area contributed by atoms with Gasteiger partial charge in [0.25, 0.3) is 0 Å². The molecule has 0 aliphatic carbocycles. The fourth-order valence-electron chi connectivity index (χ4n) is 2.76. The molecule has 2 rings (SSSR count). The summed E-state index contributed by atoms with van der Waals surface area (Å²) in [5, 5.41) is 0. The monoisotopic (exact) mass is 303 g/mol. The van der Waals surface area contributed by atoms with Gasteiger partial charge in [-0.15, -0.1) is 0 Å². The highest BCUT2D eigenvalue weighted by molar-refractivity contribution is 5.94. The van der Waals surface area contributed by atoms with Crippen LogP contribution in [0, 0.1) is 0 Å². The SMILES string of the molecule is C[C@@H]1C(=O)N(Cc2ccccc2)CC(=O)N1CCCN(C)C. The largest absolute Gasteiger partial charge is 0.329 e. The first kappa shape index (κ1) is 16.5. The van der Waals surface area contributed by atoms with Crippen molar-refractivity contribution in [2.75, 3.05) is 33.7 Å². The van der Waals surface area contributed by atoms with Crippen LogP contribution >= 0.6 is 0 Å². The lowest BCUT2D eigenvalue weighted by molar-refractivity contribution is -0.155. The summed E-state index contributed by atoms with van der Waals surface area (Å²) in [5.74, 6) is 0.0788. The fraction of sp³-hybridized carbons (Fsp3) is 0.529. The third kappa shape index (κ3) is 4.07. The first-order valence-corrected chi connectivity index (χ1v) is 7.76. The van der Waals surface area contributed by atoms with Crippen LogP contribution in [0.1, 0.15) is 18.9 Å². The number of benzene rings is 1. The Kier molecular flexibility index (Phi) is 5.55. The van der Waals surface area contributed by atoms with Crippen LogP contribution < -0.4 is 0 Å². The topological polar surface area (TPSA) is 43.9 Å². The van der Waals surface area contributed by atoms with Crippen molar-refractivity contribution >= 4 is 11.8 Å². The predicted octanol–water partition coefficient (Wildman–Crippen LogP) is 1.20. The summed E-state index contributed by atoms with van der Waals surface area (Å²) in [6, 6.07) is 9.43. The summed E-state index contributed by atoms with van der Waals surface area (Å²) in [4.78, 5) is 30.3. The highest BCUT2D eigenvalue weighted by Crippen LogP contribution is 2.16. The third-order valence-corrected chi connectivity index (χ3v) is 4.00. The van der Waals surface area contributed by atoms with Gasteiger partial charge in [0, 0.05) is 13.1 Å². The Balaban J connectivity index is 1.96. The molecule has 1 saturated heterocycles. The van der Waals surface area contributed by atoms with E-state index in [4.69, 9.17) is 0 Å². The van der Waals surface area contributed by atoms with Crippen LogP contribution in [0.15, 0.2) is 30.3 Å². The van der Waals surface area contributed by atoms with Crippen molar-refractivity contribution in [2.24, 2.45) is 0 Å². The summed E-state index contributed by atoms with van der Waals surface area (Å²) < 4.78 is 0. The maximum atomic E-state index is 12.5. The molecule has 5 nitrogen and oxygen atoms in total. The van der Waals surface area contributed by atoms with E-state index in [1.165, 1.54) is 0 Å². The molecule has 120 valence electrons. The Bertz CT molecular complexity index is 516. The Morgan fingerprint density at radius 1 is 1.18 bits per heavy atom. The lowest BCUT2D eigenvalue weighted by atomic mass is 10.1. The van der Waals surface area contributed by atoms with Crippen LogP contribution in [0.2, 0.25) is 0 Å². The van der Waals surface area contributed by atoms with Crippen molar-refractivity contribution in [3.05, 3.63) is 35.9 Å². The molecule has 1 heterocycles. The summed E-state index contributed by atoms with van der Waals surface area (Å²) in [6.07, 6.45) is 0.884.